The molecule has 1 heterocycles. The summed E-state index contributed by atoms with van der Waals surface area (Å²) in [6, 6.07) is 10.2. The Labute approximate surface area is 113 Å². The first kappa shape index (κ1) is 13.3. The van der Waals surface area contributed by atoms with Crippen molar-refractivity contribution in [3.63, 3.8) is 0 Å². The van der Waals surface area contributed by atoms with E-state index in [0.717, 1.165) is 16.6 Å². The Morgan fingerprint density at radius 3 is 2.79 bits per heavy atom. The van der Waals surface area contributed by atoms with E-state index in [-0.39, 0.29) is 11.9 Å². The molecule has 98 valence electrons. The van der Waals surface area contributed by atoms with Crippen LogP contribution in [0, 0.1) is 6.92 Å². The van der Waals surface area contributed by atoms with Crippen LogP contribution in [-0.2, 0) is 4.79 Å². The van der Waals surface area contributed by atoms with Crippen LogP contribution >= 0.6 is 0 Å². The molecule has 3 heteroatoms. The minimum Gasteiger partial charge on any atom is -0.350 e. The average Bonchev–Trinajstić information content (AvgIpc) is 2.35. The molecule has 1 aromatic heterocycles. The largest absolute Gasteiger partial charge is 0.350 e. The minimum atomic E-state index is -0.0965. The van der Waals surface area contributed by atoms with Gasteiger partial charge in [-0.3, -0.25) is 4.79 Å². The number of nitrogens with zero attached hydrogens (tertiary/aromatic N) is 1. The lowest BCUT2D eigenvalue weighted by Crippen LogP contribution is -2.28. The SMILES string of the molecule is Cc1ccc2nc(/C=C/C(=O)NC(C)C)ccc2c1. The molecular weight excluding hydrogens is 236 g/mol. The zero-order valence-corrected chi connectivity index (χ0v) is 11.5. The van der Waals surface area contributed by atoms with E-state index in [1.165, 1.54) is 11.6 Å². The second-order valence-electron chi connectivity index (χ2n) is 4.93. The first-order valence-electron chi connectivity index (χ1n) is 6.40. The van der Waals surface area contributed by atoms with Crippen LogP contribution in [0.25, 0.3) is 17.0 Å². The summed E-state index contributed by atoms with van der Waals surface area (Å²) < 4.78 is 0. The van der Waals surface area contributed by atoms with Gasteiger partial charge in [0.15, 0.2) is 0 Å². The van der Waals surface area contributed by atoms with Gasteiger partial charge in [0.05, 0.1) is 11.2 Å². The van der Waals surface area contributed by atoms with Gasteiger partial charge < -0.3 is 5.32 Å². The lowest BCUT2D eigenvalue weighted by atomic mass is 10.1. The monoisotopic (exact) mass is 254 g/mol. The van der Waals surface area contributed by atoms with Crippen molar-refractivity contribution >= 4 is 22.9 Å². The number of benzene rings is 1. The maximum atomic E-state index is 11.5. The molecule has 1 N–H and O–H groups in total. The summed E-state index contributed by atoms with van der Waals surface area (Å²) in [5, 5.41) is 3.92. The fraction of sp³-hybridized carbons (Fsp3) is 0.250. The van der Waals surface area contributed by atoms with Crippen LogP contribution in [0.2, 0.25) is 0 Å². The summed E-state index contributed by atoms with van der Waals surface area (Å²) in [7, 11) is 0. The topological polar surface area (TPSA) is 42.0 Å². The molecule has 3 nitrogen and oxygen atoms in total. The fourth-order valence-corrected chi connectivity index (χ4v) is 1.85. The molecule has 0 aliphatic heterocycles. The quantitative estimate of drug-likeness (QED) is 0.855. The Kier molecular flexibility index (Phi) is 3.95. The van der Waals surface area contributed by atoms with E-state index in [1.54, 1.807) is 6.08 Å². The number of aryl methyl sites for hydroxylation is 1. The van der Waals surface area contributed by atoms with E-state index in [1.807, 2.05) is 38.1 Å². The highest BCUT2D eigenvalue weighted by Gasteiger charge is 1.99. The summed E-state index contributed by atoms with van der Waals surface area (Å²) in [4.78, 5) is 16.0. The number of aromatic nitrogens is 1. The van der Waals surface area contributed by atoms with E-state index in [4.69, 9.17) is 0 Å². The Morgan fingerprint density at radius 2 is 2.05 bits per heavy atom. The van der Waals surface area contributed by atoms with Crippen LogP contribution in [0.15, 0.2) is 36.4 Å². The summed E-state index contributed by atoms with van der Waals surface area (Å²) in [6.45, 7) is 5.92. The highest BCUT2D eigenvalue weighted by atomic mass is 16.1. The molecule has 0 saturated heterocycles. The Balaban J connectivity index is 2.20. The van der Waals surface area contributed by atoms with E-state index in [0.29, 0.717) is 0 Å². The molecule has 0 bridgehead atoms. The van der Waals surface area contributed by atoms with Crippen LogP contribution in [0.4, 0.5) is 0 Å². The van der Waals surface area contributed by atoms with E-state index < -0.39 is 0 Å². The molecule has 0 fully saturated rings. The van der Waals surface area contributed by atoms with E-state index in [2.05, 4.69) is 23.3 Å². The zero-order valence-electron chi connectivity index (χ0n) is 11.5. The van der Waals surface area contributed by atoms with Crippen molar-refractivity contribution in [3.05, 3.63) is 47.7 Å². The predicted octanol–water partition coefficient (Wildman–Crippen LogP) is 3.08. The molecule has 0 aliphatic carbocycles. The number of nitrogens with one attached hydrogen (secondary N) is 1. The van der Waals surface area contributed by atoms with Crippen LogP contribution in [0.1, 0.15) is 25.1 Å². The van der Waals surface area contributed by atoms with Crippen molar-refractivity contribution in [2.24, 2.45) is 0 Å². The lowest BCUT2D eigenvalue weighted by molar-refractivity contribution is -0.116. The summed E-state index contributed by atoms with van der Waals surface area (Å²) in [5.41, 5.74) is 2.95. The molecule has 1 amide bonds. The Morgan fingerprint density at radius 1 is 1.26 bits per heavy atom. The standard InChI is InChI=1S/C16H18N2O/c1-11(2)17-16(19)9-7-14-6-5-13-10-12(3)4-8-15(13)18-14/h4-11H,1-3H3,(H,17,19)/b9-7+. The van der Waals surface area contributed by atoms with Crippen molar-refractivity contribution in [2.75, 3.05) is 0 Å². The predicted molar refractivity (Wildman–Crippen MR) is 78.8 cm³/mol. The van der Waals surface area contributed by atoms with Crippen LogP contribution < -0.4 is 5.32 Å². The number of pyridine rings is 1. The molecule has 1 aromatic carbocycles. The highest BCUT2D eigenvalue weighted by Crippen LogP contribution is 2.14. The maximum Gasteiger partial charge on any atom is 0.244 e. The number of hydrogen-bond acceptors (Lipinski definition) is 2. The van der Waals surface area contributed by atoms with Gasteiger partial charge in [0.25, 0.3) is 0 Å². The van der Waals surface area contributed by atoms with Gasteiger partial charge in [-0.15, -0.1) is 0 Å². The summed E-state index contributed by atoms with van der Waals surface area (Å²) >= 11 is 0. The molecule has 2 rings (SSSR count). The smallest absolute Gasteiger partial charge is 0.244 e. The third-order valence-corrected chi connectivity index (χ3v) is 2.70. The first-order valence-corrected chi connectivity index (χ1v) is 6.40. The van der Waals surface area contributed by atoms with Gasteiger partial charge in [0.1, 0.15) is 0 Å². The number of fused-ring (bicyclic) bond motifs is 1. The average molecular weight is 254 g/mol. The number of carbonyl (C=O) groups is 1. The van der Waals surface area contributed by atoms with Gasteiger partial charge in [0, 0.05) is 17.5 Å². The number of carbonyl (C=O) groups excluding carboxylic acids is 1. The molecule has 0 spiro atoms. The van der Waals surface area contributed by atoms with Crippen LogP contribution in [0.5, 0.6) is 0 Å². The van der Waals surface area contributed by atoms with Crippen molar-refractivity contribution in [3.8, 4) is 0 Å². The number of rotatable bonds is 3. The van der Waals surface area contributed by atoms with E-state index >= 15 is 0 Å². The van der Waals surface area contributed by atoms with Gasteiger partial charge >= 0.3 is 0 Å². The summed E-state index contributed by atoms with van der Waals surface area (Å²) in [5.74, 6) is -0.0965. The van der Waals surface area contributed by atoms with E-state index in [9.17, 15) is 4.79 Å². The molecule has 0 unspecified atom stereocenters. The van der Waals surface area contributed by atoms with Crippen LogP contribution in [0.3, 0.4) is 0 Å². The molecule has 0 radical (unpaired) electrons. The second-order valence-corrected chi connectivity index (χ2v) is 4.93. The third kappa shape index (κ3) is 3.65. The molecule has 0 atom stereocenters. The zero-order chi connectivity index (χ0) is 13.8. The van der Waals surface area contributed by atoms with Gasteiger partial charge in [-0.2, -0.15) is 0 Å². The van der Waals surface area contributed by atoms with Crippen molar-refractivity contribution in [1.29, 1.82) is 0 Å². The Hall–Kier alpha value is -2.16. The highest BCUT2D eigenvalue weighted by molar-refractivity contribution is 5.92. The third-order valence-electron chi connectivity index (χ3n) is 2.70. The first-order chi connectivity index (χ1) is 9.04. The van der Waals surface area contributed by atoms with Crippen LogP contribution in [-0.4, -0.2) is 16.9 Å². The summed E-state index contributed by atoms with van der Waals surface area (Å²) in [6.07, 6.45) is 3.25. The molecule has 0 aliphatic rings. The van der Waals surface area contributed by atoms with Crippen molar-refractivity contribution in [2.45, 2.75) is 26.8 Å². The number of hydrogen-bond donors (Lipinski definition) is 1. The second kappa shape index (κ2) is 5.65. The maximum absolute atomic E-state index is 11.5. The van der Waals surface area contributed by atoms with Crippen molar-refractivity contribution < 1.29 is 4.79 Å². The normalized spacial score (nSPS) is 11.4. The van der Waals surface area contributed by atoms with Gasteiger partial charge in [-0.05, 0) is 45.0 Å². The molecular formula is C16H18N2O. The Bertz CT molecular complexity index is 630. The minimum absolute atomic E-state index is 0.0965. The fourth-order valence-electron chi connectivity index (χ4n) is 1.85. The molecule has 19 heavy (non-hydrogen) atoms. The van der Waals surface area contributed by atoms with Gasteiger partial charge in [0.2, 0.25) is 5.91 Å². The van der Waals surface area contributed by atoms with Gasteiger partial charge in [-0.25, -0.2) is 4.98 Å². The number of amides is 1. The molecule has 2 aromatic rings. The van der Waals surface area contributed by atoms with Gasteiger partial charge in [-0.1, -0.05) is 17.7 Å². The lowest BCUT2D eigenvalue weighted by Gasteiger charge is -2.04. The van der Waals surface area contributed by atoms with Crippen molar-refractivity contribution in [1.82, 2.24) is 10.3 Å². The molecule has 0 saturated carbocycles.